The largest absolute Gasteiger partial charge is 0.497 e. The summed E-state index contributed by atoms with van der Waals surface area (Å²) in [4.78, 5) is 6.72. The summed E-state index contributed by atoms with van der Waals surface area (Å²) >= 11 is 1.85. The van der Waals surface area contributed by atoms with Gasteiger partial charge in [0.15, 0.2) is 5.96 Å². The highest BCUT2D eigenvalue weighted by Crippen LogP contribution is 2.30. The second kappa shape index (κ2) is 11.1. The van der Waals surface area contributed by atoms with E-state index in [1.54, 1.807) is 14.2 Å². The van der Waals surface area contributed by atoms with Crippen molar-refractivity contribution in [2.75, 3.05) is 52.1 Å². The van der Waals surface area contributed by atoms with Crippen LogP contribution in [0.25, 0.3) is 0 Å². The van der Waals surface area contributed by atoms with Crippen molar-refractivity contribution in [1.29, 1.82) is 0 Å². The Balaban J connectivity index is 0.00000364. The smallest absolute Gasteiger partial charge is 0.191 e. The van der Waals surface area contributed by atoms with Gasteiger partial charge in [0.2, 0.25) is 0 Å². The monoisotopic (exact) mass is 508 g/mol. The topological polar surface area (TPSA) is 58.1 Å². The molecule has 27 heavy (non-hydrogen) atoms. The highest BCUT2D eigenvalue weighted by atomic mass is 127. The minimum absolute atomic E-state index is 0. The molecule has 0 saturated carbocycles. The number of benzene rings is 1. The molecule has 0 aromatic heterocycles. The standard InChI is InChI=1S/C19H32N4O2S.HI/c1-19(2,26-6)13-21-18(20-3)22-14-7-8-23(12-14)15-9-16(24-4)11-17(10-15)25-5;/h9-11,14H,7-8,12-13H2,1-6H3,(H2,20,21,22);1H. The van der Waals surface area contributed by atoms with E-state index in [-0.39, 0.29) is 28.7 Å². The second-order valence-corrected chi connectivity index (χ2v) is 8.55. The second-order valence-electron chi connectivity index (χ2n) is 7.04. The number of halogens is 1. The van der Waals surface area contributed by atoms with E-state index < -0.39 is 0 Å². The number of aliphatic imine (C=N–C) groups is 1. The van der Waals surface area contributed by atoms with Crippen molar-refractivity contribution < 1.29 is 9.47 Å². The molecule has 1 unspecified atom stereocenters. The fraction of sp³-hybridized carbons (Fsp3) is 0.632. The van der Waals surface area contributed by atoms with Crippen LogP contribution in [0.15, 0.2) is 23.2 Å². The number of ether oxygens (including phenoxy) is 2. The zero-order chi connectivity index (χ0) is 19.2. The van der Waals surface area contributed by atoms with Gasteiger partial charge in [0.05, 0.1) is 14.2 Å². The molecule has 1 aromatic carbocycles. The number of nitrogens with one attached hydrogen (secondary N) is 2. The lowest BCUT2D eigenvalue weighted by molar-refractivity contribution is 0.394. The molecule has 1 fully saturated rings. The molecule has 8 heteroatoms. The highest BCUT2D eigenvalue weighted by molar-refractivity contribution is 14.0. The molecule has 1 aromatic rings. The lowest BCUT2D eigenvalue weighted by atomic mass is 10.2. The van der Waals surface area contributed by atoms with Gasteiger partial charge in [-0.05, 0) is 26.5 Å². The van der Waals surface area contributed by atoms with Crippen molar-refractivity contribution in [3.8, 4) is 11.5 Å². The fourth-order valence-corrected chi connectivity index (χ4v) is 3.06. The van der Waals surface area contributed by atoms with E-state index in [4.69, 9.17) is 9.47 Å². The quantitative estimate of drug-likeness (QED) is 0.335. The lowest BCUT2D eigenvalue weighted by Crippen LogP contribution is -2.47. The van der Waals surface area contributed by atoms with Crippen molar-refractivity contribution >= 4 is 47.4 Å². The van der Waals surface area contributed by atoms with E-state index >= 15 is 0 Å². The van der Waals surface area contributed by atoms with Gasteiger partial charge in [-0.3, -0.25) is 4.99 Å². The predicted octanol–water partition coefficient (Wildman–Crippen LogP) is 3.21. The first-order chi connectivity index (χ1) is 12.4. The molecule has 0 aliphatic carbocycles. The molecule has 6 nitrogen and oxygen atoms in total. The van der Waals surface area contributed by atoms with Crippen molar-refractivity contribution in [2.45, 2.75) is 31.1 Å². The Labute approximate surface area is 184 Å². The first-order valence-corrected chi connectivity index (χ1v) is 10.1. The Morgan fingerprint density at radius 1 is 1.26 bits per heavy atom. The van der Waals surface area contributed by atoms with Gasteiger partial charge in [0, 0.05) is 61.4 Å². The third-order valence-corrected chi connectivity index (χ3v) is 5.94. The van der Waals surface area contributed by atoms with Gasteiger partial charge in [-0.2, -0.15) is 11.8 Å². The number of hydrogen-bond acceptors (Lipinski definition) is 5. The Hall–Kier alpha value is -1.03. The molecule has 1 atom stereocenters. The zero-order valence-electron chi connectivity index (χ0n) is 17.2. The molecule has 0 amide bonds. The molecule has 0 spiro atoms. The number of rotatable bonds is 7. The maximum absolute atomic E-state index is 5.39. The van der Waals surface area contributed by atoms with Crippen LogP contribution in [0.3, 0.4) is 0 Å². The number of hydrogen-bond donors (Lipinski definition) is 2. The summed E-state index contributed by atoms with van der Waals surface area (Å²) in [5, 5.41) is 6.98. The van der Waals surface area contributed by atoms with Crippen LogP contribution < -0.4 is 25.0 Å². The first kappa shape index (κ1) is 24.0. The molecular formula is C19H33IN4O2S. The van der Waals surface area contributed by atoms with Crippen LogP contribution >= 0.6 is 35.7 Å². The Kier molecular flexibility index (Phi) is 9.86. The molecule has 0 bridgehead atoms. The summed E-state index contributed by atoms with van der Waals surface area (Å²) in [6, 6.07) is 6.36. The number of anilines is 1. The van der Waals surface area contributed by atoms with Crippen molar-refractivity contribution in [1.82, 2.24) is 10.6 Å². The maximum Gasteiger partial charge on any atom is 0.191 e. The molecular weight excluding hydrogens is 475 g/mol. The van der Waals surface area contributed by atoms with Crippen molar-refractivity contribution in [2.24, 2.45) is 4.99 Å². The molecule has 1 saturated heterocycles. The van der Waals surface area contributed by atoms with Crippen molar-refractivity contribution in [3.63, 3.8) is 0 Å². The normalized spacial score (nSPS) is 17.3. The van der Waals surface area contributed by atoms with Crippen LogP contribution in [0.4, 0.5) is 5.69 Å². The summed E-state index contributed by atoms with van der Waals surface area (Å²) in [6.07, 6.45) is 3.20. The average molecular weight is 508 g/mol. The van der Waals surface area contributed by atoms with Gasteiger partial charge in [-0.15, -0.1) is 24.0 Å². The van der Waals surface area contributed by atoms with E-state index in [1.807, 2.05) is 24.9 Å². The maximum atomic E-state index is 5.39. The summed E-state index contributed by atoms with van der Waals surface area (Å²) in [5.74, 6) is 2.49. The molecule has 1 aliphatic rings. The molecule has 2 rings (SSSR count). The Morgan fingerprint density at radius 2 is 1.89 bits per heavy atom. The van der Waals surface area contributed by atoms with Crippen LogP contribution in [0.1, 0.15) is 20.3 Å². The SMILES string of the molecule is CN=C(NCC(C)(C)SC)NC1CCN(c2cc(OC)cc(OC)c2)C1.I. The van der Waals surface area contributed by atoms with Crippen LogP contribution in [-0.2, 0) is 0 Å². The number of guanidine groups is 1. The van der Waals surface area contributed by atoms with Crippen LogP contribution in [0, 0.1) is 0 Å². The third-order valence-electron chi connectivity index (χ3n) is 4.69. The summed E-state index contributed by atoms with van der Waals surface area (Å²) in [5.41, 5.74) is 1.12. The average Bonchev–Trinajstić information content (AvgIpc) is 3.13. The molecule has 2 N–H and O–H groups in total. The Morgan fingerprint density at radius 3 is 2.41 bits per heavy atom. The summed E-state index contributed by atoms with van der Waals surface area (Å²) in [7, 11) is 5.18. The van der Waals surface area contributed by atoms with Crippen LogP contribution in [-0.4, -0.2) is 63.9 Å². The predicted molar refractivity (Wildman–Crippen MR) is 128 cm³/mol. The van der Waals surface area contributed by atoms with E-state index in [2.05, 4.69) is 52.8 Å². The van der Waals surface area contributed by atoms with Gasteiger partial charge in [0.1, 0.15) is 11.5 Å². The number of nitrogens with zero attached hydrogens (tertiary/aromatic N) is 2. The van der Waals surface area contributed by atoms with Gasteiger partial charge >= 0.3 is 0 Å². The molecule has 0 radical (unpaired) electrons. The summed E-state index contributed by atoms with van der Waals surface area (Å²) < 4.78 is 11.0. The minimum Gasteiger partial charge on any atom is -0.497 e. The third kappa shape index (κ3) is 7.14. The van der Waals surface area contributed by atoms with Crippen LogP contribution in [0.2, 0.25) is 0 Å². The van der Waals surface area contributed by atoms with E-state index in [0.29, 0.717) is 6.04 Å². The minimum atomic E-state index is 0. The van der Waals surface area contributed by atoms with Crippen molar-refractivity contribution in [3.05, 3.63) is 18.2 Å². The van der Waals surface area contributed by atoms with Crippen LogP contribution in [0.5, 0.6) is 11.5 Å². The lowest BCUT2D eigenvalue weighted by Gasteiger charge is -2.25. The van der Waals surface area contributed by atoms with Gasteiger partial charge in [-0.1, -0.05) is 0 Å². The van der Waals surface area contributed by atoms with Gasteiger partial charge in [0.25, 0.3) is 0 Å². The molecule has 1 heterocycles. The van der Waals surface area contributed by atoms with E-state index in [1.165, 1.54) is 0 Å². The Bertz CT molecular complexity index is 605. The van der Waals surface area contributed by atoms with Gasteiger partial charge < -0.3 is 25.0 Å². The first-order valence-electron chi connectivity index (χ1n) is 8.91. The summed E-state index contributed by atoms with van der Waals surface area (Å²) in [6.45, 7) is 7.23. The molecule has 154 valence electrons. The fourth-order valence-electron chi connectivity index (χ4n) is 2.84. The van der Waals surface area contributed by atoms with Gasteiger partial charge in [-0.25, -0.2) is 0 Å². The van der Waals surface area contributed by atoms with E-state index in [9.17, 15) is 0 Å². The number of thioether (sulfide) groups is 1. The zero-order valence-corrected chi connectivity index (χ0v) is 20.3. The van der Waals surface area contributed by atoms with E-state index in [0.717, 1.165) is 49.2 Å². The number of methoxy groups -OCH3 is 2. The highest BCUT2D eigenvalue weighted by Gasteiger charge is 2.25. The molecule has 1 aliphatic heterocycles.